The summed E-state index contributed by atoms with van der Waals surface area (Å²) in [7, 11) is -2.27. The highest BCUT2D eigenvalue weighted by Gasteiger charge is 2.48. The van der Waals surface area contributed by atoms with Gasteiger partial charge in [-0.3, -0.25) is 0 Å². The fraction of sp³-hybridized carbons (Fsp3) is 0.280. The molecule has 3 atom stereocenters. The average Bonchev–Trinajstić information content (AvgIpc) is 3.30. The molecular formula is C25H25FN2O4S. The van der Waals surface area contributed by atoms with Gasteiger partial charge in [-0.05, 0) is 60.0 Å². The Kier molecular flexibility index (Phi) is 5.60. The van der Waals surface area contributed by atoms with Crippen LogP contribution in [0.15, 0.2) is 71.6 Å². The first kappa shape index (κ1) is 21.9. The van der Waals surface area contributed by atoms with E-state index in [-0.39, 0.29) is 29.3 Å². The van der Waals surface area contributed by atoms with E-state index in [9.17, 15) is 17.9 Å². The highest BCUT2D eigenvalue weighted by molar-refractivity contribution is 7.89. The van der Waals surface area contributed by atoms with E-state index in [1.807, 2.05) is 18.2 Å². The van der Waals surface area contributed by atoms with Crippen molar-refractivity contribution in [3.63, 3.8) is 0 Å². The van der Waals surface area contributed by atoms with E-state index in [2.05, 4.69) is 5.32 Å². The SMILES string of the molecule is COc1ccc(S(=O)(=O)N2CC[C@@H]3[C@H](CO)Nc4ccc(-c5ccccc5F)cc4[C@@H]32)cc1. The maximum atomic E-state index is 14.5. The smallest absolute Gasteiger partial charge is 0.243 e. The third kappa shape index (κ3) is 3.68. The number of hydrogen-bond acceptors (Lipinski definition) is 5. The quantitative estimate of drug-likeness (QED) is 0.591. The predicted octanol–water partition coefficient (Wildman–Crippen LogP) is 4.04. The molecule has 1 fully saturated rings. The maximum absolute atomic E-state index is 14.5. The normalized spacial score (nSPS) is 22.3. The predicted molar refractivity (Wildman–Crippen MR) is 124 cm³/mol. The van der Waals surface area contributed by atoms with Crippen LogP contribution in [0.1, 0.15) is 18.0 Å². The molecule has 0 saturated carbocycles. The van der Waals surface area contributed by atoms with Crippen molar-refractivity contribution >= 4 is 15.7 Å². The molecule has 0 aliphatic carbocycles. The van der Waals surface area contributed by atoms with Gasteiger partial charge in [-0.2, -0.15) is 4.31 Å². The standard InChI is InChI=1S/C25H25FN2O4S/c1-32-17-7-9-18(10-8-17)33(30,31)28-13-12-20-24(15-29)27-23-11-6-16(14-21(23)25(20)28)19-4-2-3-5-22(19)26/h2-11,14,20,24-25,27,29H,12-13,15H2,1H3/t20-,24+,25-/m1/s1. The van der Waals surface area contributed by atoms with Gasteiger partial charge in [0.25, 0.3) is 0 Å². The Morgan fingerprint density at radius 1 is 1.12 bits per heavy atom. The first-order valence-corrected chi connectivity index (χ1v) is 12.3. The number of anilines is 1. The Bertz CT molecular complexity index is 1280. The lowest BCUT2D eigenvalue weighted by atomic mass is 9.82. The van der Waals surface area contributed by atoms with Crippen LogP contribution in [-0.2, 0) is 10.0 Å². The molecule has 6 nitrogen and oxygen atoms in total. The van der Waals surface area contributed by atoms with Gasteiger partial charge in [-0.15, -0.1) is 0 Å². The number of fused-ring (bicyclic) bond motifs is 3. The van der Waals surface area contributed by atoms with Gasteiger partial charge < -0.3 is 15.2 Å². The number of rotatable bonds is 5. The third-order valence-corrected chi connectivity index (χ3v) is 8.57. The van der Waals surface area contributed by atoms with Crippen molar-refractivity contribution in [3.05, 3.63) is 78.1 Å². The van der Waals surface area contributed by atoms with Gasteiger partial charge >= 0.3 is 0 Å². The molecule has 0 aromatic heterocycles. The topological polar surface area (TPSA) is 78.9 Å². The zero-order valence-corrected chi connectivity index (χ0v) is 18.9. The van der Waals surface area contributed by atoms with Crippen LogP contribution >= 0.6 is 0 Å². The second-order valence-corrected chi connectivity index (χ2v) is 10.3. The molecule has 2 N–H and O–H groups in total. The summed E-state index contributed by atoms with van der Waals surface area (Å²) < 4.78 is 48.4. The van der Waals surface area contributed by atoms with E-state index in [0.717, 1.165) is 11.3 Å². The van der Waals surface area contributed by atoms with Gasteiger partial charge in [0.15, 0.2) is 0 Å². The van der Waals surface area contributed by atoms with Crippen LogP contribution in [-0.4, -0.2) is 44.1 Å². The van der Waals surface area contributed by atoms with Crippen LogP contribution in [0.25, 0.3) is 11.1 Å². The lowest BCUT2D eigenvalue weighted by Gasteiger charge is -2.39. The van der Waals surface area contributed by atoms with E-state index in [4.69, 9.17) is 4.74 Å². The Morgan fingerprint density at radius 3 is 2.58 bits per heavy atom. The molecule has 5 rings (SSSR count). The zero-order chi connectivity index (χ0) is 23.2. The number of halogens is 1. The summed E-state index contributed by atoms with van der Waals surface area (Å²) in [5.74, 6) is 0.141. The van der Waals surface area contributed by atoms with Crippen molar-refractivity contribution < 1.29 is 22.7 Å². The van der Waals surface area contributed by atoms with Gasteiger partial charge in [0, 0.05) is 23.7 Å². The van der Waals surface area contributed by atoms with Crippen LogP contribution in [0.2, 0.25) is 0 Å². The first-order chi connectivity index (χ1) is 15.9. The second kappa shape index (κ2) is 8.44. The van der Waals surface area contributed by atoms with E-state index < -0.39 is 16.1 Å². The number of sulfonamides is 1. The van der Waals surface area contributed by atoms with Crippen LogP contribution in [0.5, 0.6) is 5.75 Å². The number of methoxy groups -OCH3 is 1. The van der Waals surface area contributed by atoms with Crippen LogP contribution in [0.4, 0.5) is 10.1 Å². The van der Waals surface area contributed by atoms with Gasteiger partial charge in [0.1, 0.15) is 11.6 Å². The van der Waals surface area contributed by atoms with Crippen molar-refractivity contribution in [1.29, 1.82) is 0 Å². The summed E-state index contributed by atoms with van der Waals surface area (Å²) in [6, 6.07) is 17.7. The lowest BCUT2D eigenvalue weighted by Crippen LogP contribution is -2.42. The number of benzene rings is 3. The van der Waals surface area contributed by atoms with Crippen molar-refractivity contribution in [3.8, 4) is 16.9 Å². The molecule has 0 spiro atoms. The van der Waals surface area contributed by atoms with E-state index >= 15 is 0 Å². The van der Waals surface area contributed by atoms with Crippen LogP contribution in [0.3, 0.4) is 0 Å². The fourth-order valence-corrected chi connectivity index (χ4v) is 6.70. The summed E-state index contributed by atoms with van der Waals surface area (Å²) in [5, 5.41) is 13.4. The molecule has 2 aliphatic heterocycles. The molecule has 172 valence electrons. The monoisotopic (exact) mass is 468 g/mol. The molecule has 2 heterocycles. The van der Waals surface area contributed by atoms with E-state index in [1.165, 1.54) is 17.5 Å². The lowest BCUT2D eigenvalue weighted by molar-refractivity contribution is 0.210. The molecule has 0 bridgehead atoms. The Labute approximate surface area is 192 Å². The number of aliphatic hydroxyl groups excluding tert-OH is 1. The number of ether oxygens (including phenoxy) is 1. The van der Waals surface area contributed by atoms with Crippen LogP contribution < -0.4 is 10.1 Å². The molecule has 33 heavy (non-hydrogen) atoms. The molecule has 0 radical (unpaired) electrons. The van der Waals surface area contributed by atoms with Crippen molar-refractivity contribution in [2.75, 3.05) is 25.6 Å². The highest BCUT2D eigenvalue weighted by atomic mass is 32.2. The second-order valence-electron chi connectivity index (χ2n) is 8.40. The largest absolute Gasteiger partial charge is 0.497 e. The fourth-order valence-electron chi connectivity index (χ4n) is 5.04. The molecule has 3 aromatic carbocycles. The van der Waals surface area contributed by atoms with Gasteiger partial charge in [0.2, 0.25) is 10.0 Å². The summed E-state index contributed by atoms with van der Waals surface area (Å²) in [6.07, 6.45) is 0.613. The zero-order valence-electron chi connectivity index (χ0n) is 18.1. The summed E-state index contributed by atoms with van der Waals surface area (Å²) in [5.41, 5.74) is 2.69. The number of aliphatic hydroxyl groups is 1. The molecule has 8 heteroatoms. The molecular weight excluding hydrogens is 443 g/mol. The third-order valence-electron chi connectivity index (χ3n) is 6.67. The van der Waals surface area contributed by atoms with Crippen molar-refractivity contribution in [2.45, 2.75) is 23.4 Å². The summed E-state index contributed by atoms with van der Waals surface area (Å²) >= 11 is 0. The molecule has 1 saturated heterocycles. The molecule has 0 unspecified atom stereocenters. The first-order valence-electron chi connectivity index (χ1n) is 10.9. The van der Waals surface area contributed by atoms with Crippen molar-refractivity contribution in [2.24, 2.45) is 5.92 Å². The van der Waals surface area contributed by atoms with Gasteiger partial charge in [-0.25, -0.2) is 12.8 Å². The Hall–Kier alpha value is -2.94. The van der Waals surface area contributed by atoms with Crippen LogP contribution in [0, 0.1) is 11.7 Å². The number of nitrogens with zero attached hydrogens (tertiary/aromatic N) is 1. The minimum atomic E-state index is -3.80. The van der Waals surface area contributed by atoms with Gasteiger partial charge in [-0.1, -0.05) is 24.3 Å². The van der Waals surface area contributed by atoms with Gasteiger partial charge in [0.05, 0.1) is 30.7 Å². The molecule has 3 aromatic rings. The highest BCUT2D eigenvalue weighted by Crippen LogP contribution is 2.49. The number of hydrogen-bond donors (Lipinski definition) is 2. The summed E-state index contributed by atoms with van der Waals surface area (Å²) in [4.78, 5) is 0.190. The Balaban J connectivity index is 1.60. The summed E-state index contributed by atoms with van der Waals surface area (Å²) in [6.45, 7) is 0.233. The number of nitrogens with one attached hydrogen (secondary N) is 1. The average molecular weight is 469 g/mol. The molecule has 0 amide bonds. The maximum Gasteiger partial charge on any atom is 0.243 e. The minimum absolute atomic E-state index is 0.105. The Morgan fingerprint density at radius 2 is 1.88 bits per heavy atom. The van der Waals surface area contributed by atoms with E-state index in [0.29, 0.717) is 29.8 Å². The van der Waals surface area contributed by atoms with E-state index in [1.54, 1.807) is 42.5 Å². The van der Waals surface area contributed by atoms with Crippen molar-refractivity contribution in [1.82, 2.24) is 4.31 Å². The molecule has 2 aliphatic rings. The minimum Gasteiger partial charge on any atom is -0.497 e.